The molecular weight excluding hydrogens is 352 g/mol. The first-order valence-electron chi connectivity index (χ1n) is 9.77. The van der Waals surface area contributed by atoms with Crippen LogP contribution in [0.25, 0.3) is 0 Å². The molecule has 0 bridgehead atoms. The van der Waals surface area contributed by atoms with Crippen molar-refractivity contribution in [2.24, 2.45) is 11.3 Å². The van der Waals surface area contributed by atoms with E-state index in [0.29, 0.717) is 36.4 Å². The van der Waals surface area contributed by atoms with E-state index in [2.05, 4.69) is 14.9 Å². The minimum atomic E-state index is -0.384. The third-order valence-electron chi connectivity index (χ3n) is 6.40. The molecule has 0 radical (unpaired) electrons. The van der Waals surface area contributed by atoms with E-state index in [9.17, 15) is 9.90 Å². The van der Waals surface area contributed by atoms with Crippen LogP contribution in [0.3, 0.4) is 0 Å². The first-order chi connectivity index (χ1) is 12.6. The summed E-state index contributed by atoms with van der Waals surface area (Å²) in [6, 6.07) is 0. The van der Waals surface area contributed by atoms with Gasteiger partial charge in [-0.1, -0.05) is 24.4 Å². The minimum absolute atomic E-state index is 0.196. The molecule has 2 saturated heterocycles. The van der Waals surface area contributed by atoms with Gasteiger partial charge >= 0.3 is 0 Å². The molecule has 26 heavy (non-hydrogen) atoms. The average molecular weight is 379 g/mol. The Labute approximate surface area is 159 Å². The Morgan fingerprint density at radius 1 is 1.12 bits per heavy atom. The number of piperidine rings is 2. The van der Waals surface area contributed by atoms with E-state index in [1.54, 1.807) is 12.4 Å². The molecule has 2 atom stereocenters. The summed E-state index contributed by atoms with van der Waals surface area (Å²) < 4.78 is 0. The molecule has 0 unspecified atom stereocenters. The standard InChI is InChI=1S/C19H27ClN4O2/c20-15-10-21-18(22-11-15)24-9-6-16(25)19(13-24)7-3-8-23(12-19)17(26)14-4-1-2-5-14/h10-11,14,16,25H,1-9,12-13H2/t16-,19+/m1/s1. The SMILES string of the molecule is O=C(C1CCCC1)N1CCC[C@]2(C1)CN(c1ncc(Cl)cn1)CC[C@H]2O. The molecule has 1 aromatic heterocycles. The van der Waals surface area contributed by atoms with Gasteiger partial charge in [0.1, 0.15) is 0 Å². The Morgan fingerprint density at radius 2 is 1.85 bits per heavy atom. The van der Waals surface area contributed by atoms with Crippen LogP contribution in [0.4, 0.5) is 5.95 Å². The van der Waals surface area contributed by atoms with Gasteiger partial charge in [-0.2, -0.15) is 0 Å². The fourth-order valence-corrected chi connectivity index (χ4v) is 5.07. The summed E-state index contributed by atoms with van der Waals surface area (Å²) in [5, 5.41) is 11.4. The van der Waals surface area contributed by atoms with Crippen LogP contribution in [0.5, 0.6) is 0 Å². The van der Waals surface area contributed by atoms with Crippen molar-refractivity contribution in [2.45, 2.75) is 51.0 Å². The lowest BCUT2D eigenvalue weighted by molar-refractivity contribution is -0.142. The minimum Gasteiger partial charge on any atom is -0.392 e. The summed E-state index contributed by atoms with van der Waals surface area (Å²) in [5.41, 5.74) is -0.284. The van der Waals surface area contributed by atoms with Crippen molar-refractivity contribution in [3.05, 3.63) is 17.4 Å². The molecule has 1 aromatic rings. The number of hydrogen-bond donors (Lipinski definition) is 1. The molecule has 0 aromatic carbocycles. The Bertz CT molecular complexity index is 649. The highest BCUT2D eigenvalue weighted by molar-refractivity contribution is 6.30. The topological polar surface area (TPSA) is 69.6 Å². The van der Waals surface area contributed by atoms with Crippen LogP contribution in [0.1, 0.15) is 44.9 Å². The summed E-state index contributed by atoms with van der Waals surface area (Å²) in [5.74, 6) is 1.15. The summed E-state index contributed by atoms with van der Waals surface area (Å²) in [6.45, 7) is 2.88. The monoisotopic (exact) mass is 378 g/mol. The molecule has 6 nitrogen and oxygen atoms in total. The molecular formula is C19H27ClN4O2. The lowest BCUT2D eigenvalue weighted by Crippen LogP contribution is -2.60. The van der Waals surface area contributed by atoms with Gasteiger partial charge in [0.2, 0.25) is 11.9 Å². The van der Waals surface area contributed by atoms with E-state index in [1.807, 2.05) is 4.90 Å². The molecule has 1 saturated carbocycles. The summed E-state index contributed by atoms with van der Waals surface area (Å²) in [6.07, 6.45) is 9.78. The van der Waals surface area contributed by atoms with E-state index in [0.717, 1.165) is 38.8 Å². The van der Waals surface area contributed by atoms with Gasteiger partial charge < -0.3 is 14.9 Å². The normalized spacial score (nSPS) is 30.2. The maximum Gasteiger partial charge on any atom is 0.225 e. The van der Waals surface area contributed by atoms with Gasteiger partial charge in [-0.05, 0) is 32.1 Å². The number of aliphatic hydroxyl groups is 1. The van der Waals surface area contributed by atoms with Gasteiger partial charge in [0.15, 0.2) is 0 Å². The molecule has 2 aliphatic heterocycles. The summed E-state index contributed by atoms with van der Waals surface area (Å²) in [7, 11) is 0. The molecule has 1 spiro atoms. The smallest absolute Gasteiger partial charge is 0.225 e. The fraction of sp³-hybridized carbons (Fsp3) is 0.737. The molecule has 4 rings (SSSR count). The number of hydrogen-bond acceptors (Lipinski definition) is 5. The number of aromatic nitrogens is 2. The third-order valence-corrected chi connectivity index (χ3v) is 6.59. The lowest BCUT2D eigenvalue weighted by Gasteiger charge is -2.51. The molecule has 1 amide bonds. The fourth-order valence-electron chi connectivity index (χ4n) is 4.97. The van der Waals surface area contributed by atoms with Crippen molar-refractivity contribution in [1.29, 1.82) is 0 Å². The zero-order chi connectivity index (χ0) is 18.1. The van der Waals surface area contributed by atoms with Gasteiger partial charge in [0.25, 0.3) is 0 Å². The predicted molar refractivity (Wildman–Crippen MR) is 100 cm³/mol. The number of carbonyl (C=O) groups excluding carboxylic acids is 1. The number of aliphatic hydroxyl groups excluding tert-OH is 1. The van der Waals surface area contributed by atoms with E-state index >= 15 is 0 Å². The van der Waals surface area contributed by atoms with Gasteiger partial charge in [-0.15, -0.1) is 0 Å². The Kier molecular flexibility index (Phi) is 5.06. The first-order valence-corrected chi connectivity index (χ1v) is 10.1. The summed E-state index contributed by atoms with van der Waals surface area (Å²) in [4.78, 5) is 25.8. The molecule has 1 aliphatic carbocycles. The average Bonchev–Trinajstić information content (AvgIpc) is 3.19. The Morgan fingerprint density at radius 3 is 2.58 bits per heavy atom. The van der Waals surface area contributed by atoms with Gasteiger partial charge in [-0.3, -0.25) is 4.79 Å². The molecule has 3 aliphatic rings. The highest BCUT2D eigenvalue weighted by Crippen LogP contribution is 2.40. The van der Waals surface area contributed by atoms with Crippen LogP contribution >= 0.6 is 11.6 Å². The van der Waals surface area contributed by atoms with Gasteiger partial charge in [-0.25, -0.2) is 9.97 Å². The first kappa shape index (κ1) is 18.0. The van der Waals surface area contributed by atoms with E-state index in [4.69, 9.17) is 11.6 Å². The lowest BCUT2D eigenvalue weighted by atomic mass is 9.71. The highest BCUT2D eigenvalue weighted by Gasteiger charge is 2.47. The Balaban J connectivity index is 1.50. The number of likely N-dealkylation sites (tertiary alicyclic amines) is 1. The number of rotatable bonds is 2. The van der Waals surface area contributed by atoms with Crippen molar-refractivity contribution >= 4 is 23.5 Å². The van der Waals surface area contributed by atoms with Crippen LogP contribution in [-0.4, -0.2) is 58.2 Å². The van der Waals surface area contributed by atoms with Crippen LogP contribution in [0.15, 0.2) is 12.4 Å². The maximum absolute atomic E-state index is 12.9. The number of amides is 1. The van der Waals surface area contributed by atoms with Crippen LogP contribution in [0, 0.1) is 11.3 Å². The zero-order valence-corrected chi connectivity index (χ0v) is 15.9. The second-order valence-corrected chi connectivity index (χ2v) is 8.57. The predicted octanol–water partition coefficient (Wildman–Crippen LogP) is 2.50. The third kappa shape index (κ3) is 3.41. The molecule has 3 heterocycles. The Hall–Kier alpha value is -1.40. The van der Waals surface area contributed by atoms with Crippen molar-refractivity contribution in [1.82, 2.24) is 14.9 Å². The second-order valence-electron chi connectivity index (χ2n) is 8.13. The second kappa shape index (κ2) is 7.31. The van der Waals surface area contributed by atoms with E-state index in [1.165, 1.54) is 12.8 Å². The molecule has 3 fully saturated rings. The van der Waals surface area contributed by atoms with Crippen molar-refractivity contribution in [3.8, 4) is 0 Å². The number of anilines is 1. The van der Waals surface area contributed by atoms with Crippen molar-refractivity contribution < 1.29 is 9.90 Å². The van der Waals surface area contributed by atoms with E-state index < -0.39 is 0 Å². The van der Waals surface area contributed by atoms with E-state index in [-0.39, 0.29) is 17.4 Å². The zero-order valence-electron chi connectivity index (χ0n) is 15.1. The van der Waals surface area contributed by atoms with Crippen molar-refractivity contribution in [2.75, 3.05) is 31.1 Å². The molecule has 7 heteroatoms. The largest absolute Gasteiger partial charge is 0.392 e. The highest BCUT2D eigenvalue weighted by atomic mass is 35.5. The maximum atomic E-state index is 12.9. The van der Waals surface area contributed by atoms with Crippen LogP contribution in [0.2, 0.25) is 5.02 Å². The van der Waals surface area contributed by atoms with Crippen LogP contribution < -0.4 is 4.90 Å². The number of carbonyl (C=O) groups is 1. The number of nitrogens with zero attached hydrogens (tertiary/aromatic N) is 4. The van der Waals surface area contributed by atoms with Gasteiger partial charge in [0, 0.05) is 37.5 Å². The molecule has 1 N–H and O–H groups in total. The van der Waals surface area contributed by atoms with Crippen molar-refractivity contribution in [3.63, 3.8) is 0 Å². The number of halogens is 1. The summed E-state index contributed by atoms with van der Waals surface area (Å²) >= 11 is 5.90. The van der Waals surface area contributed by atoms with Gasteiger partial charge in [0.05, 0.1) is 23.5 Å². The quantitative estimate of drug-likeness (QED) is 0.856. The molecule has 142 valence electrons. The van der Waals surface area contributed by atoms with Crippen LogP contribution in [-0.2, 0) is 4.79 Å².